The number of nitrogens with one attached hydrogen (secondary N) is 1. The van der Waals surface area contributed by atoms with E-state index in [9.17, 15) is 4.79 Å². The molecule has 1 amide bonds. The normalized spacial score (nSPS) is 13.8. The first-order valence-corrected chi connectivity index (χ1v) is 8.62. The van der Waals surface area contributed by atoms with Gasteiger partial charge in [-0.15, -0.1) is 10.2 Å². The predicted octanol–water partition coefficient (Wildman–Crippen LogP) is 2.91. The minimum Gasteiger partial charge on any atom is -0.474 e. The van der Waals surface area contributed by atoms with Gasteiger partial charge in [0.2, 0.25) is 5.88 Å². The summed E-state index contributed by atoms with van der Waals surface area (Å²) in [4.78, 5) is 16.7. The number of rotatable bonds is 6. The van der Waals surface area contributed by atoms with Crippen LogP contribution in [-0.4, -0.2) is 31.8 Å². The van der Waals surface area contributed by atoms with E-state index in [2.05, 4.69) is 20.5 Å². The number of anilines is 1. The van der Waals surface area contributed by atoms with E-state index in [-0.39, 0.29) is 12.0 Å². The van der Waals surface area contributed by atoms with Crippen molar-refractivity contribution in [1.29, 1.82) is 0 Å². The maximum Gasteiger partial charge on any atom is 0.255 e. The Balaban J connectivity index is 1.43. The number of amides is 1. The zero-order chi connectivity index (χ0) is 17.8. The van der Waals surface area contributed by atoms with E-state index in [0.717, 1.165) is 24.1 Å². The van der Waals surface area contributed by atoms with Crippen LogP contribution in [0.1, 0.15) is 35.2 Å². The molecule has 1 fully saturated rings. The number of pyridine rings is 1. The topological polar surface area (TPSA) is 81.9 Å². The second-order valence-corrected chi connectivity index (χ2v) is 6.34. The number of carbonyl (C=O) groups excluding carboxylic acids is 1. The molecule has 2 heterocycles. The molecule has 0 aliphatic heterocycles. The molecule has 0 atom stereocenters. The van der Waals surface area contributed by atoms with Gasteiger partial charge in [0.1, 0.15) is 18.8 Å². The molecular weight excluding hydrogens is 330 g/mol. The van der Waals surface area contributed by atoms with Crippen molar-refractivity contribution in [2.24, 2.45) is 0 Å². The lowest BCUT2D eigenvalue weighted by Crippen LogP contribution is -2.25. The van der Waals surface area contributed by atoms with Crippen LogP contribution in [0.4, 0.5) is 5.69 Å². The van der Waals surface area contributed by atoms with Gasteiger partial charge in [0.15, 0.2) is 0 Å². The Morgan fingerprint density at radius 1 is 1.19 bits per heavy atom. The molecule has 7 nitrogen and oxygen atoms in total. The molecule has 0 radical (unpaired) electrons. The van der Waals surface area contributed by atoms with Crippen molar-refractivity contribution in [2.45, 2.75) is 31.9 Å². The summed E-state index contributed by atoms with van der Waals surface area (Å²) >= 11 is 0. The standard InChI is InChI=1S/C19H19N5O2/c25-19(15-7-8-20-18(10-15)26-17-5-2-6-17)23-16-4-1-3-14(9-16)11-24-12-21-22-13-24/h1,3-4,7-10,12-13,17H,2,5-6,11H2,(H,23,25). The maximum absolute atomic E-state index is 12.5. The fraction of sp³-hybridized carbons (Fsp3) is 0.263. The molecular formula is C19H19N5O2. The van der Waals surface area contributed by atoms with E-state index in [1.54, 1.807) is 31.0 Å². The lowest BCUT2D eigenvalue weighted by molar-refractivity contribution is 0.101. The van der Waals surface area contributed by atoms with Crippen molar-refractivity contribution >= 4 is 11.6 Å². The molecule has 26 heavy (non-hydrogen) atoms. The number of hydrogen-bond acceptors (Lipinski definition) is 5. The molecule has 2 aromatic heterocycles. The van der Waals surface area contributed by atoms with Crippen LogP contribution in [0.3, 0.4) is 0 Å². The predicted molar refractivity (Wildman–Crippen MR) is 96.0 cm³/mol. The number of benzene rings is 1. The molecule has 3 aromatic rings. The Bertz CT molecular complexity index is 890. The zero-order valence-electron chi connectivity index (χ0n) is 14.2. The summed E-state index contributed by atoms with van der Waals surface area (Å²) in [7, 11) is 0. The van der Waals surface area contributed by atoms with Gasteiger partial charge in [-0.1, -0.05) is 12.1 Å². The first-order valence-electron chi connectivity index (χ1n) is 8.62. The Morgan fingerprint density at radius 2 is 2.04 bits per heavy atom. The number of aromatic nitrogens is 4. The molecule has 132 valence electrons. The van der Waals surface area contributed by atoms with E-state index >= 15 is 0 Å². The van der Waals surface area contributed by atoms with E-state index in [1.807, 2.05) is 28.8 Å². The van der Waals surface area contributed by atoms with Gasteiger partial charge in [-0.05, 0) is 43.0 Å². The van der Waals surface area contributed by atoms with E-state index in [4.69, 9.17) is 4.74 Å². The summed E-state index contributed by atoms with van der Waals surface area (Å²) in [6.07, 6.45) is 8.45. The number of carbonyl (C=O) groups is 1. The third-order valence-corrected chi connectivity index (χ3v) is 4.35. The largest absolute Gasteiger partial charge is 0.474 e. The van der Waals surface area contributed by atoms with Gasteiger partial charge < -0.3 is 14.6 Å². The zero-order valence-corrected chi connectivity index (χ0v) is 14.2. The Kier molecular flexibility index (Phi) is 4.59. The smallest absolute Gasteiger partial charge is 0.255 e. The van der Waals surface area contributed by atoms with Gasteiger partial charge in [-0.25, -0.2) is 4.98 Å². The summed E-state index contributed by atoms with van der Waals surface area (Å²) in [6, 6.07) is 11.1. The van der Waals surface area contributed by atoms with E-state index < -0.39 is 0 Å². The Labute approximate surface area is 151 Å². The maximum atomic E-state index is 12.5. The monoisotopic (exact) mass is 349 g/mol. The molecule has 1 aliphatic rings. The molecule has 1 saturated carbocycles. The summed E-state index contributed by atoms with van der Waals surface area (Å²) in [5.74, 6) is 0.316. The lowest BCUT2D eigenvalue weighted by Gasteiger charge is -2.25. The van der Waals surface area contributed by atoms with Gasteiger partial charge in [0.25, 0.3) is 5.91 Å². The van der Waals surface area contributed by atoms with Crippen LogP contribution in [0, 0.1) is 0 Å². The van der Waals surface area contributed by atoms with Crippen molar-refractivity contribution < 1.29 is 9.53 Å². The fourth-order valence-corrected chi connectivity index (χ4v) is 2.74. The van der Waals surface area contributed by atoms with Crippen molar-refractivity contribution in [1.82, 2.24) is 19.7 Å². The molecule has 1 N–H and O–H groups in total. The van der Waals surface area contributed by atoms with Crippen molar-refractivity contribution in [3.05, 3.63) is 66.4 Å². The van der Waals surface area contributed by atoms with Crippen LogP contribution >= 0.6 is 0 Å². The third kappa shape index (κ3) is 3.88. The van der Waals surface area contributed by atoms with Gasteiger partial charge in [-0.3, -0.25) is 4.79 Å². The van der Waals surface area contributed by atoms with Crippen LogP contribution in [0.2, 0.25) is 0 Å². The van der Waals surface area contributed by atoms with Crippen molar-refractivity contribution in [3.63, 3.8) is 0 Å². The first kappa shape index (κ1) is 16.3. The Morgan fingerprint density at radius 3 is 2.81 bits per heavy atom. The van der Waals surface area contributed by atoms with Crippen LogP contribution in [0.5, 0.6) is 5.88 Å². The van der Waals surface area contributed by atoms with Crippen LogP contribution < -0.4 is 10.1 Å². The highest BCUT2D eigenvalue weighted by molar-refractivity contribution is 6.04. The average molecular weight is 349 g/mol. The third-order valence-electron chi connectivity index (χ3n) is 4.35. The van der Waals surface area contributed by atoms with Crippen LogP contribution in [0.15, 0.2) is 55.2 Å². The van der Waals surface area contributed by atoms with E-state index in [0.29, 0.717) is 18.0 Å². The van der Waals surface area contributed by atoms with Crippen molar-refractivity contribution in [3.8, 4) is 5.88 Å². The van der Waals surface area contributed by atoms with Crippen LogP contribution in [-0.2, 0) is 6.54 Å². The second-order valence-electron chi connectivity index (χ2n) is 6.34. The minimum atomic E-state index is -0.188. The van der Waals surface area contributed by atoms with Gasteiger partial charge in [0, 0.05) is 23.5 Å². The molecule has 7 heteroatoms. The molecule has 0 unspecified atom stereocenters. The Hall–Kier alpha value is -3.22. The van der Waals surface area contributed by atoms with Gasteiger partial charge in [0.05, 0.1) is 6.54 Å². The second kappa shape index (κ2) is 7.35. The molecule has 0 saturated heterocycles. The number of hydrogen-bond donors (Lipinski definition) is 1. The highest BCUT2D eigenvalue weighted by Crippen LogP contribution is 2.24. The average Bonchev–Trinajstić information content (AvgIpc) is 3.12. The SMILES string of the molecule is O=C(Nc1cccc(Cn2cnnc2)c1)c1ccnc(OC2CCC2)c1. The van der Waals surface area contributed by atoms with Crippen LogP contribution in [0.25, 0.3) is 0 Å². The van der Waals surface area contributed by atoms with Gasteiger partial charge in [-0.2, -0.15) is 0 Å². The van der Waals surface area contributed by atoms with Crippen molar-refractivity contribution in [2.75, 3.05) is 5.32 Å². The number of nitrogens with zero attached hydrogens (tertiary/aromatic N) is 4. The molecule has 4 rings (SSSR count). The molecule has 0 spiro atoms. The fourth-order valence-electron chi connectivity index (χ4n) is 2.74. The van der Waals surface area contributed by atoms with E-state index in [1.165, 1.54) is 6.42 Å². The highest BCUT2D eigenvalue weighted by Gasteiger charge is 2.20. The quantitative estimate of drug-likeness (QED) is 0.740. The molecule has 1 aromatic carbocycles. The van der Waals surface area contributed by atoms with Gasteiger partial charge >= 0.3 is 0 Å². The first-order chi connectivity index (χ1) is 12.8. The lowest BCUT2D eigenvalue weighted by atomic mass is 9.96. The highest BCUT2D eigenvalue weighted by atomic mass is 16.5. The summed E-state index contributed by atoms with van der Waals surface area (Å²) < 4.78 is 7.63. The number of ether oxygens (including phenoxy) is 1. The minimum absolute atomic E-state index is 0.188. The molecule has 1 aliphatic carbocycles. The summed E-state index contributed by atoms with van der Waals surface area (Å²) in [5, 5.41) is 10.5. The summed E-state index contributed by atoms with van der Waals surface area (Å²) in [6.45, 7) is 0.644. The summed E-state index contributed by atoms with van der Waals surface area (Å²) in [5.41, 5.74) is 2.31. The molecule has 0 bridgehead atoms.